The van der Waals surface area contributed by atoms with Crippen LogP contribution >= 0.6 is 0 Å². The van der Waals surface area contributed by atoms with Crippen molar-refractivity contribution in [2.45, 2.75) is 50.7 Å². The molecule has 5 heteroatoms. The highest BCUT2D eigenvalue weighted by atomic mass is 16.5. The van der Waals surface area contributed by atoms with Gasteiger partial charge in [0.15, 0.2) is 0 Å². The number of carbonyl (C=O) groups excluding carboxylic acids is 1. The van der Waals surface area contributed by atoms with Crippen LogP contribution in [0.2, 0.25) is 0 Å². The molecule has 5 nitrogen and oxygen atoms in total. The summed E-state index contributed by atoms with van der Waals surface area (Å²) in [5, 5.41) is 6.01. The third-order valence-electron chi connectivity index (χ3n) is 4.91. The van der Waals surface area contributed by atoms with Gasteiger partial charge in [-0.2, -0.15) is 0 Å². The minimum absolute atomic E-state index is 0.0923. The summed E-state index contributed by atoms with van der Waals surface area (Å²) in [7, 11) is 1.77. The number of urea groups is 1. The quantitative estimate of drug-likeness (QED) is 0.895. The molecule has 2 aliphatic rings. The van der Waals surface area contributed by atoms with Crippen molar-refractivity contribution in [2.75, 3.05) is 30.4 Å². The molecule has 1 aromatic rings. The Morgan fingerprint density at radius 3 is 2.52 bits per heavy atom. The first-order chi connectivity index (χ1) is 11.2. The first kappa shape index (κ1) is 16.1. The average molecular weight is 317 g/mol. The number of ether oxygens (including phenoxy) is 1. The molecule has 2 amide bonds. The van der Waals surface area contributed by atoms with Crippen LogP contribution in [0, 0.1) is 0 Å². The molecule has 1 aliphatic carbocycles. The van der Waals surface area contributed by atoms with Crippen LogP contribution < -0.4 is 15.5 Å². The van der Waals surface area contributed by atoms with Crippen LogP contribution in [0.3, 0.4) is 0 Å². The molecule has 1 saturated carbocycles. The largest absolute Gasteiger partial charge is 0.380 e. The van der Waals surface area contributed by atoms with Gasteiger partial charge < -0.3 is 20.3 Å². The van der Waals surface area contributed by atoms with Crippen molar-refractivity contribution in [3.8, 4) is 0 Å². The normalized spacial score (nSPS) is 22.1. The van der Waals surface area contributed by atoms with Crippen molar-refractivity contribution in [1.29, 1.82) is 0 Å². The summed E-state index contributed by atoms with van der Waals surface area (Å²) in [6.45, 7) is 1.96. The number of carbonyl (C=O) groups is 1. The third kappa shape index (κ3) is 4.38. The van der Waals surface area contributed by atoms with Crippen LogP contribution in [0.4, 0.5) is 16.2 Å². The number of rotatable bonds is 4. The molecule has 0 spiro atoms. The van der Waals surface area contributed by atoms with Gasteiger partial charge in [-0.25, -0.2) is 4.79 Å². The zero-order valence-corrected chi connectivity index (χ0v) is 13.9. The van der Waals surface area contributed by atoms with Gasteiger partial charge in [-0.3, -0.25) is 0 Å². The second-order valence-electron chi connectivity index (χ2n) is 6.57. The van der Waals surface area contributed by atoms with Crippen LogP contribution in [-0.2, 0) is 4.74 Å². The molecule has 0 aromatic heterocycles. The van der Waals surface area contributed by atoms with E-state index in [9.17, 15) is 4.79 Å². The molecule has 0 bridgehead atoms. The summed E-state index contributed by atoms with van der Waals surface area (Å²) >= 11 is 0. The lowest BCUT2D eigenvalue weighted by atomic mass is 9.96. The summed E-state index contributed by atoms with van der Waals surface area (Å²) in [5.74, 6) is 0. The number of hydrogen-bond donors (Lipinski definition) is 2. The maximum Gasteiger partial charge on any atom is 0.319 e. The Morgan fingerprint density at radius 2 is 1.87 bits per heavy atom. The Bertz CT molecular complexity index is 512. The number of nitrogens with one attached hydrogen (secondary N) is 2. The Labute approximate surface area is 138 Å². The van der Waals surface area contributed by atoms with E-state index in [1.54, 1.807) is 7.11 Å². The average Bonchev–Trinajstić information content (AvgIpc) is 3.05. The maximum atomic E-state index is 12.1. The lowest BCUT2D eigenvalue weighted by Crippen LogP contribution is -2.39. The van der Waals surface area contributed by atoms with E-state index in [1.807, 2.05) is 12.1 Å². The Kier molecular flexibility index (Phi) is 5.39. The van der Waals surface area contributed by atoms with Crippen molar-refractivity contribution in [2.24, 2.45) is 0 Å². The van der Waals surface area contributed by atoms with E-state index >= 15 is 0 Å². The summed E-state index contributed by atoms with van der Waals surface area (Å²) in [6.07, 6.45) is 7.33. The molecule has 2 fully saturated rings. The molecular weight excluding hydrogens is 290 g/mol. The lowest BCUT2D eigenvalue weighted by molar-refractivity contribution is 0.121. The standard InChI is InChI=1S/C18H27N3O2/c1-23-17-11-12-21(13-17)16-9-7-15(8-10-16)20-18(22)19-14-5-3-2-4-6-14/h7-10,14,17H,2-6,11-13H2,1H3,(H2,19,20,22). The minimum Gasteiger partial charge on any atom is -0.380 e. The first-order valence-electron chi connectivity index (χ1n) is 8.70. The molecule has 2 N–H and O–H groups in total. The van der Waals surface area contributed by atoms with Gasteiger partial charge in [0.1, 0.15) is 0 Å². The fraction of sp³-hybridized carbons (Fsp3) is 0.611. The topological polar surface area (TPSA) is 53.6 Å². The predicted octanol–water partition coefficient (Wildman–Crippen LogP) is 3.37. The van der Waals surface area contributed by atoms with Crippen molar-refractivity contribution in [1.82, 2.24) is 5.32 Å². The van der Waals surface area contributed by atoms with Gasteiger partial charge in [0.2, 0.25) is 0 Å². The van der Waals surface area contributed by atoms with E-state index in [1.165, 1.54) is 24.9 Å². The van der Waals surface area contributed by atoms with Gasteiger partial charge in [-0.1, -0.05) is 19.3 Å². The highest BCUT2D eigenvalue weighted by Crippen LogP contribution is 2.23. The molecule has 1 saturated heterocycles. The highest BCUT2D eigenvalue weighted by molar-refractivity contribution is 5.89. The fourth-order valence-corrected chi connectivity index (χ4v) is 3.51. The molecule has 3 rings (SSSR count). The number of amides is 2. The van der Waals surface area contributed by atoms with E-state index < -0.39 is 0 Å². The predicted molar refractivity (Wildman–Crippen MR) is 93.1 cm³/mol. The summed E-state index contributed by atoms with van der Waals surface area (Å²) in [4.78, 5) is 14.4. The van der Waals surface area contributed by atoms with E-state index in [4.69, 9.17) is 4.74 Å². The van der Waals surface area contributed by atoms with Crippen molar-refractivity contribution in [3.05, 3.63) is 24.3 Å². The van der Waals surface area contributed by atoms with Gasteiger partial charge in [-0.15, -0.1) is 0 Å². The molecule has 126 valence electrons. The van der Waals surface area contributed by atoms with Gasteiger partial charge in [0.05, 0.1) is 6.10 Å². The summed E-state index contributed by atoms with van der Waals surface area (Å²) in [6, 6.07) is 8.30. The van der Waals surface area contributed by atoms with Crippen LogP contribution in [0.5, 0.6) is 0 Å². The van der Waals surface area contributed by atoms with Crippen LogP contribution in [0.25, 0.3) is 0 Å². The fourth-order valence-electron chi connectivity index (χ4n) is 3.51. The lowest BCUT2D eigenvalue weighted by Gasteiger charge is -2.23. The molecule has 0 radical (unpaired) electrons. The Hall–Kier alpha value is -1.75. The van der Waals surface area contributed by atoms with E-state index in [2.05, 4.69) is 27.7 Å². The van der Waals surface area contributed by atoms with E-state index in [0.717, 1.165) is 38.0 Å². The van der Waals surface area contributed by atoms with E-state index in [0.29, 0.717) is 12.1 Å². The molecule has 1 atom stereocenters. The maximum absolute atomic E-state index is 12.1. The minimum atomic E-state index is -0.0923. The molecule has 1 aromatic carbocycles. The number of hydrogen-bond acceptors (Lipinski definition) is 3. The number of nitrogens with zero attached hydrogens (tertiary/aromatic N) is 1. The third-order valence-corrected chi connectivity index (χ3v) is 4.91. The zero-order chi connectivity index (χ0) is 16.1. The molecule has 1 aliphatic heterocycles. The molecular formula is C18H27N3O2. The zero-order valence-electron chi connectivity index (χ0n) is 13.9. The van der Waals surface area contributed by atoms with Gasteiger partial charge in [0.25, 0.3) is 0 Å². The summed E-state index contributed by atoms with van der Waals surface area (Å²) < 4.78 is 5.40. The second kappa shape index (κ2) is 7.68. The first-order valence-corrected chi connectivity index (χ1v) is 8.70. The SMILES string of the molecule is COC1CCN(c2ccc(NC(=O)NC3CCCCC3)cc2)C1. The monoisotopic (exact) mass is 317 g/mol. The number of benzene rings is 1. The summed E-state index contributed by atoms with van der Waals surface area (Å²) in [5.41, 5.74) is 2.02. The number of methoxy groups -OCH3 is 1. The van der Waals surface area contributed by atoms with Crippen molar-refractivity contribution >= 4 is 17.4 Å². The van der Waals surface area contributed by atoms with Gasteiger partial charge in [0, 0.05) is 37.6 Å². The Balaban J connectivity index is 1.50. The van der Waals surface area contributed by atoms with Crippen molar-refractivity contribution in [3.63, 3.8) is 0 Å². The smallest absolute Gasteiger partial charge is 0.319 e. The molecule has 1 heterocycles. The van der Waals surface area contributed by atoms with Gasteiger partial charge >= 0.3 is 6.03 Å². The molecule has 23 heavy (non-hydrogen) atoms. The second-order valence-corrected chi connectivity index (χ2v) is 6.57. The number of anilines is 2. The Morgan fingerprint density at radius 1 is 1.13 bits per heavy atom. The van der Waals surface area contributed by atoms with Gasteiger partial charge in [-0.05, 0) is 43.5 Å². The van der Waals surface area contributed by atoms with Crippen LogP contribution in [0.1, 0.15) is 38.5 Å². The van der Waals surface area contributed by atoms with Crippen molar-refractivity contribution < 1.29 is 9.53 Å². The highest BCUT2D eigenvalue weighted by Gasteiger charge is 2.22. The van der Waals surface area contributed by atoms with E-state index in [-0.39, 0.29) is 6.03 Å². The van der Waals surface area contributed by atoms with Crippen LogP contribution in [0.15, 0.2) is 24.3 Å². The van der Waals surface area contributed by atoms with Crippen LogP contribution in [-0.4, -0.2) is 38.4 Å². The molecule has 1 unspecified atom stereocenters.